The summed E-state index contributed by atoms with van der Waals surface area (Å²) < 4.78 is 0. The molecule has 1 atom stereocenters. The summed E-state index contributed by atoms with van der Waals surface area (Å²) in [7, 11) is 0. The first kappa shape index (κ1) is 18.5. The number of hydrogen-bond donors (Lipinski definition) is 2. The lowest BCUT2D eigenvalue weighted by atomic mass is 10.0. The molecule has 26 heavy (non-hydrogen) atoms. The second kappa shape index (κ2) is 8.87. The SMILES string of the molecule is O=C(O)c1ccc(CNC(=O)C(c2ccccc2)N2CCSCC2)cc1. The van der Waals surface area contributed by atoms with Crippen molar-refractivity contribution in [1.82, 2.24) is 10.2 Å². The number of thioether (sulfide) groups is 1. The fourth-order valence-corrected chi connectivity index (χ4v) is 3.98. The van der Waals surface area contributed by atoms with Crippen LogP contribution in [0.5, 0.6) is 0 Å². The van der Waals surface area contributed by atoms with Gasteiger partial charge in [-0.05, 0) is 23.3 Å². The molecule has 1 saturated heterocycles. The number of carbonyl (C=O) groups excluding carboxylic acids is 1. The molecule has 3 rings (SSSR count). The molecule has 2 aromatic rings. The van der Waals surface area contributed by atoms with E-state index in [2.05, 4.69) is 10.2 Å². The van der Waals surface area contributed by atoms with E-state index in [1.807, 2.05) is 42.1 Å². The quantitative estimate of drug-likeness (QED) is 0.818. The fourth-order valence-electron chi connectivity index (χ4n) is 3.05. The number of amides is 1. The molecule has 1 fully saturated rings. The molecule has 1 heterocycles. The first-order valence-electron chi connectivity index (χ1n) is 8.62. The standard InChI is InChI=1S/C20H22N2O3S/c23-19(21-14-15-6-8-17(9-7-15)20(24)25)18(16-4-2-1-3-5-16)22-10-12-26-13-11-22/h1-9,18H,10-14H2,(H,21,23)(H,24,25). The Hall–Kier alpha value is -2.31. The molecule has 1 aliphatic rings. The van der Waals surface area contributed by atoms with Gasteiger partial charge in [-0.25, -0.2) is 4.79 Å². The Morgan fingerprint density at radius 3 is 2.31 bits per heavy atom. The maximum absolute atomic E-state index is 12.9. The number of rotatable bonds is 6. The van der Waals surface area contributed by atoms with Crippen LogP contribution in [0.15, 0.2) is 54.6 Å². The first-order chi connectivity index (χ1) is 12.6. The first-order valence-corrected chi connectivity index (χ1v) is 9.77. The highest BCUT2D eigenvalue weighted by Crippen LogP contribution is 2.24. The van der Waals surface area contributed by atoms with Crippen molar-refractivity contribution in [3.05, 3.63) is 71.3 Å². The van der Waals surface area contributed by atoms with Crippen molar-refractivity contribution in [3.63, 3.8) is 0 Å². The van der Waals surface area contributed by atoms with Crippen LogP contribution < -0.4 is 5.32 Å². The number of carboxylic acids is 1. The van der Waals surface area contributed by atoms with Crippen molar-refractivity contribution in [2.45, 2.75) is 12.6 Å². The van der Waals surface area contributed by atoms with Crippen molar-refractivity contribution in [3.8, 4) is 0 Å². The van der Waals surface area contributed by atoms with Crippen molar-refractivity contribution in [2.75, 3.05) is 24.6 Å². The van der Waals surface area contributed by atoms with Crippen LogP contribution in [0.1, 0.15) is 27.5 Å². The number of nitrogens with one attached hydrogen (secondary N) is 1. The van der Waals surface area contributed by atoms with Gasteiger partial charge >= 0.3 is 5.97 Å². The molecule has 0 radical (unpaired) electrons. The number of carboxylic acid groups (broad SMARTS) is 1. The van der Waals surface area contributed by atoms with E-state index in [4.69, 9.17) is 5.11 Å². The van der Waals surface area contributed by atoms with Crippen molar-refractivity contribution in [1.29, 1.82) is 0 Å². The Balaban J connectivity index is 1.70. The van der Waals surface area contributed by atoms with Crippen molar-refractivity contribution < 1.29 is 14.7 Å². The van der Waals surface area contributed by atoms with Crippen LogP contribution in [-0.4, -0.2) is 46.5 Å². The van der Waals surface area contributed by atoms with E-state index in [-0.39, 0.29) is 17.5 Å². The molecule has 1 aliphatic heterocycles. The summed E-state index contributed by atoms with van der Waals surface area (Å²) in [4.78, 5) is 26.1. The third-order valence-electron chi connectivity index (χ3n) is 4.44. The Kier molecular flexibility index (Phi) is 6.30. The van der Waals surface area contributed by atoms with Crippen LogP contribution in [0.25, 0.3) is 0 Å². The molecular formula is C20H22N2O3S. The Labute approximate surface area is 157 Å². The zero-order valence-corrected chi connectivity index (χ0v) is 15.2. The molecule has 6 heteroatoms. The molecule has 2 N–H and O–H groups in total. The number of aromatic carboxylic acids is 1. The molecule has 0 bridgehead atoms. The number of carbonyl (C=O) groups is 2. The molecule has 1 unspecified atom stereocenters. The maximum Gasteiger partial charge on any atom is 0.335 e. The van der Waals surface area contributed by atoms with Crippen LogP contribution in [0.4, 0.5) is 0 Å². The van der Waals surface area contributed by atoms with Gasteiger partial charge in [-0.1, -0.05) is 42.5 Å². The van der Waals surface area contributed by atoms with Gasteiger partial charge < -0.3 is 10.4 Å². The molecule has 0 aliphatic carbocycles. The summed E-state index contributed by atoms with van der Waals surface area (Å²) in [6.45, 7) is 2.17. The topological polar surface area (TPSA) is 69.6 Å². The van der Waals surface area contributed by atoms with E-state index < -0.39 is 5.97 Å². The highest BCUT2D eigenvalue weighted by Gasteiger charge is 2.28. The molecule has 5 nitrogen and oxygen atoms in total. The van der Waals surface area contributed by atoms with E-state index >= 15 is 0 Å². The van der Waals surface area contributed by atoms with Gasteiger partial charge in [-0.3, -0.25) is 9.69 Å². The number of nitrogens with zero attached hydrogens (tertiary/aromatic N) is 1. The van der Waals surface area contributed by atoms with E-state index in [1.165, 1.54) is 0 Å². The van der Waals surface area contributed by atoms with Gasteiger partial charge in [0.05, 0.1) is 5.56 Å². The molecule has 1 amide bonds. The predicted octanol–water partition coefficient (Wildman–Crippen LogP) is 2.79. The second-order valence-electron chi connectivity index (χ2n) is 6.18. The minimum Gasteiger partial charge on any atom is -0.478 e. The van der Waals surface area contributed by atoms with Crippen LogP contribution in [-0.2, 0) is 11.3 Å². The summed E-state index contributed by atoms with van der Waals surface area (Å²) in [6.07, 6.45) is 0. The van der Waals surface area contributed by atoms with Gasteiger partial charge in [-0.15, -0.1) is 0 Å². The highest BCUT2D eigenvalue weighted by molar-refractivity contribution is 7.99. The minimum atomic E-state index is -0.951. The number of hydrogen-bond acceptors (Lipinski definition) is 4. The Morgan fingerprint density at radius 1 is 1.04 bits per heavy atom. The average molecular weight is 370 g/mol. The Bertz CT molecular complexity index is 743. The summed E-state index contributed by atoms with van der Waals surface area (Å²) in [5.41, 5.74) is 2.12. The number of benzene rings is 2. The van der Waals surface area contributed by atoms with Crippen molar-refractivity contribution >= 4 is 23.6 Å². The zero-order valence-electron chi connectivity index (χ0n) is 14.4. The smallest absolute Gasteiger partial charge is 0.335 e. The van der Waals surface area contributed by atoms with E-state index in [0.29, 0.717) is 6.54 Å². The summed E-state index contributed by atoms with van der Waals surface area (Å²) in [5.74, 6) is 1.10. The van der Waals surface area contributed by atoms with Gasteiger partial charge in [0.2, 0.25) is 5.91 Å². The lowest BCUT2D eigenvalue weighted by Gasteiger charge is -2.33. The van der Waals surface area contributed by atoms with Gasteiger partial charge in [0.1, 0.15) is 6.04 Å². The fraction of sp³-hybridized carbons (Fsp3) is 0.300. The molecular weight excluding hydrogens is 348 g/mol. The van der Waals surface area contributed by atoms with Crippen molar-refractivity contribution in [2.24, 2.45) is 0 Å². The van der Waals surface area contributed by atoms with Crippen LogP contribution in [0.3, 0.4) is 0 Å². The average Bonchev–Trinajstić information content (AvgIpc) is 2.68. The van der Waals surface area contributed by atoms with Gasteiger partial charge in [0, 0.05) is 31.1 Å². The monoisotopic (exact) mass is 370 g/mol. The Morgan fingerprint density at radius 2 is 1.69 bits per heavy atom. The summed E-state index contributed by atoms with van der Waals surface area (Å²) >= 11 is 1.92. The van der Waals surface area contributed by atoms with E-state index in [1.54, 1.807) is 24.3 Å². The molecule has 2 aromatic carbocycles. The van der Waals surface area contributed by atoms with Gasteiger partial charge in [-0.2, -0.15) is 11.8 Å². The zero-order chi connectivity index (χ0) is 18.4. The minimum absolute atomic E-state index is 0.0228. The lowest BCUT2D eigenvalue weighted by Crippen LogP contribution is -2.44. The predicted molar refractivity (Wildman–Crippen MR) is 103 cm³/mol. The van der Waals surface area contributed by atoms with Gasteiger partial charge in [0.15, 0.2) is 0 Å². The van der Waals surface area contributed by atoms with E-state index in [9.17, 15) is 9.59 Å². The lowest BCUT2D eigenvalue weighted by molar-refractivity contribution is -0.126. The second-order valence-corrected chi connectivity index (χ2v) is 7.41. The highest BCUT2D eigenvalue weighted by atomic mass is 32.2. The molecule has 0 aromatic heterocycles. The molecule has 136 valence electrons. The van der Waals surface area contributed by atoms with Crippen LogP contribution in [0.2, 0.25) is 0 Å². The summed E-state index contributed by atoms with van der Waals surface area (Å²) in [6, 6.07) is 16.1. The van der Waals surface area contributed by atoms with E-state index in [0.717, 1.165) is 35.7 Å². The third-order valence-corrected chi connectivity index (χ3v) is 5.38. The van der Waals surface area contributed by atoms with Gasteiger partial charge in [0.25, 0.3) is 0 Å². The maximum atomic E-state index is 12.9. The van der Waals surface area contributed by atoms with Crippen LogP contribution in [0, 0.1) is 0 Å². The third kappa shape index (κ3) is 4.65. The van der Waals surface area contributed by atoms with Crippen LogP contribution >= 0.6 is 11.8 Å². The normalized spacial score (nSPS) is 16.0. The molecule has 0 saturated carbocycles. The molecule has 0 spiro atoms. The summed E-state index contributed by atoms with van der Waals surface area (Å²) in [5, 5.41) is 12.0. The largest absolute Gasteiger partial charge is 0.478 e.